The number of fused-ring (bicyclic) bond motifs is 2. The second-order valence-electron chi connectivity index (χ2n) is 10.2. The smallest absolute Gasteiger partial charge is 0.434 e. The Kier molecular flexibility index (Phi) is 8.78. The fourth-order valence-electron chi connectivity index (χ4n) is 5.22. The van der Waals surface area contributed by atoms with E-state index in [1.54, 1.807) is 24.3 Å². The molecule has 1 aliphatic heterocycles. The van der Waals surface area contributed by atoms with Gasteiger partial charge < -0.3 is 9.47 Å². The number of alkyl halides is 3. The number of thiazole rings is 1. The standard InChI is InChI=1S/C34H23Cl2F3N2O4S/c1-2-44-32(43)28-29(21-9-14-23(36)15-10-21)41-31(42)27(46-33(41)40-30(28)34(37,38)39)17-25-24-6-4-3-5-20(24)11-16-26(25)45-18-19-7-12-22(35)13-8-19/h3-17,29H,2,18H2,1H3/b27-17-/t29-/m1/s1. The normalized spacial score (nSPS) is 15.1. The number of benzene rings is 4. The number of halogens is 5. The summed E-state index contributed by atoms with van der Waals surface area (Å²) in [5, 5.41) is 2.54. The van der Waals surface area contributed by atoms with Crippen molar-refractivity contribution in [3.63, 3.8) is 0 Å². The number of carbonyl (C=O) groups excluding carboxylic acids is 1. The van der Waals surface area contributed by atoms with E-state index >= 15 is 0 Å². The number of allylic oxidation sites excluding steroid dienone is 1. The van der Waals surface area contributed by atoms with Crippen LogP contribution in [0.1, 0.15) is 29.7 Å². The van der Waals surface area contributed by atoms with E-state index in [1.807, 2.05) is 42.5 Å². The topological polar surface area (TPSA) is 69.9 Å². The lowest BCUT2D eigenvalue weighted by Crippen LogP contribution is -2.41. The lowest BCUT2D eigenvalue weighted by molar-refractivity contribution is -0.140. The number of hydrogen-bond donors (Lipinski definition) is 0. The zero-order chi connectivity index (χ0) is 32.6. The number of esters is 1. The average Bonchev–Trinajstić information content (AvgIpc) is 3.35. The first-order chi connectivity index (χ1) is 22.0. The van der Waals surface area contributed by atoms with Crippen LogP contribution in [0, 0.1) is 0 Å². The van der Waals surface area contributed by atoms with Gasteiger partial charge in [-0.1, -0.05) is 89.1 Å². The van der Waals surface area contributed by atoms with E-state index in [1.165, 1.54) is 31.2 Å². The van der Waals surface area contributed by atoms with Gasteiger partial charge in [0, 0.05) is 15.6 Å². The van der Waals surface area contributed by atoms with Crippen LogP contribution in [0.3, 0.4) is 0 Å². The van der Waals surface area contributed by atoms with Crippen molar-refractivity contribution in [1.29, 1.82) is 0 Å². The molecule has 5 aromatic rings. The highest BCUT2D eigenvalue weighted by molar-refractivity contribution is 7.07. The molecule has 46 heavy (non-hydrogen) atoms. The molecule has 0 aliphatic carbocycles. The fraction of sp³-hybridized carbons (Fsp3) is 0.147. The summed E-state index contributed by atoms with van der Waals surface area (Å²) >= 11 is 12.9. The predicted octanol–water partition coefficient (Wildman–Crippen LogP) is 7.38. The second-order valence-corrected chi connectivity index (χ2v) is 12.1. The van der Waals surface area contributed by atoms with Crippen molar-refractivity contribution in [2.45, 2.75) is 25.7 Å². The molecule has 6 rings (SSSR count). The molecule has 1 aliphatic rings. The molecule has 0 bridgehead atoms. The fourth-order valence-corrected chi connectivity index (χ4v) is 6.46. The minimum absolute atomic E-state index is 0.0945. The summed E-state index contributed by atoms with van der Waals surface area (Å²) in [5.74, 6) is -0.767. The molecule has 234 valence electrons. The Bertz CT molecular complexity index is 2170. The molecule has 12 heteroatoms. The summed E-state index contributed by atoms with van der Waals surface area (Å²) in [6.07, 6.45) is -3.43. The zero-order valence-electron chi connectivity index (χ0n) is 24.0. The highest BCUT2D eigenvalue weighted by Gasteiger charge is 2.45. The molecule has 0 fully saturated rings. The van der Waals surface area contributed by atoms with Crippen LogP contribution in [-0.4, -0.2) is 23.3 Å². The van der Waals surface area contributed by atoms with Crippen molar-refractivity contribution in [1.82, 2.24) is 4.57 Å². The largest absolute Gasteiger partial charge is 0.488 e. The number of hydrogen-bond acceptors (Lipinski definition) is 6. The Labute approximate surface area is 274 Å². The van der Waals surface area contributed by atoms with E-state index in [0.717, 1.165) is 32.2 Å². The van der Waals surface area contributed by atoms with Crippen molar-refractivity contribution in [2.75, 3.05) is 6.61 Å². The van der Waals surface area contributed by atoms with Gasteiger partial charge in [-0.15, -0.1) is 0 Å². The SMILES string of the molecule is CCOC(=O)C1=C(C(F)(F)F)N=c2s/c(=C\c3c(OCc4ccc(Cl)cc4)ccc4ccccc34)c(=O)n2[C@@H]1c1ccc(Cl)cc1. The summed E-state index contributed by atoms with van der Waals surface area (Å²) in [4.78, 5) is 30.9. The van der Waals surface area contributed by atoms with Crippen LogP contribution in [-0.2, 0) is 16.1 Å². The van der Waals surface area contributed by atoms with E-state index in [0.29, 0.717) is 21.4 Å². The van der Waals surface area contributed by atoms with E-state index in [-0.39, 0.29) is 28.1 Å². The Hall–Kier alpha value is -4.38. The molecule has 0 radical (unpaired) electrons. The van der Waals surface area contributed by atoms with Gasteiger partial charge in [-0.3, -0.25) is 9.36 Å². The van der Waals surface area contributed by atoms with Crippen molar-refractivity contribution >= 4 is 57.4 Å². The summed E-state index contributed by atoms with van der Waals surface area (Å²) in [6, 6.07) is 22.7. The Balaban J connectivity index is 1.57. The van der Waals surface area contributed by atoms with Gasteiger partial charge in [0.2, 0.25) is 0 Å². The molecule has 0 amide bonds. The highest BCUT2D eigenvalue weighted by Crippen LogP contribution is 2.38. The molecule has 0 spiro atoms. The summed E-state index contributed by atoms with van der Waals surface area (Å²) in [5.41, 5.74) is -1.20. The summed E-state index contributed by atoms with van der Waals surface area (Å²) < 4.78 is 55.8. The first-order valence-corrected chi connectivity index (χ1v) is 15.6. The van der Waals surface area contributed by atoms with Gasteiger partial charge in [-0.05, 0) is 65.2 Å². The van der Waals surface area contributed by atoms with Gasteiger partial charge in [0.05, 0.1) is 22.8 Å². The average molecular weight is 684 g/mol. The molecule has 1 aromatic heterocycles. The van der Waals surface area contributed by atoms with Crippen LogP contribution < -0.4 is 19.6 Å². The summed E-state index contributed by atoms with van der Waals surface area (Å²) in [6.45, 7) is 1.51. The molecule has 0 saturated heterocycles. The minimum Gasteiger partial charge on any atom is -0.488 e. The van der Waals surface area contributed by atoms with Gasteiger partial charge in [-0.25, -0.2) is 9.79 Å². The third-order valence-corrected chi connectivity index (χ3v) is 8.78. The molecule has 0 saturated carbocycles. The van der Waals surface area contributed by atoms with Crippen molar-refractivity contribution < 1.29 is 27.4 Å². The first kappa shape index (κ1) is 31.6. The van der Waals surface area contributed by atoms with Crippen LogP contribution in [0.2, 0.25) is 10.0 Å². The van der Waals surface area contributed by atoms with Gasteiger partial charge in [0.1, 0.15) is 12.4 Å². The molecule has 4 aromatic carbocycles. The molecule has 1 atom stereocenters. The molecule has 0 N–H and O–H groups in total. The van der Waals surface area contributed by atoms with E-state index in [9.17, 15) is 22.8 Å². The Morgan fingerprint density at radius 2 is 1.65 bits per heavy atom. The minimum atomic E-state index is -5.01. The van der Waals surface area contributed by atoms with Crippen LogP contribution in [0.5, 0.6) is 5.75 Å². The quantitative estimate of drug-likeness (QED) is 0.168. The lowest BCUT2D eigenvalue weighted by Gasteiger charge is -2.26. The van der Waals surface area contributed by atoms with Gasteiger partial charge in [-0.2, -0.15) is 13.2 Å². The van der Waals surface area contributed by atoms with Crippen LogP contribution in [0.4, 0.5) is 13.2 Å². The number of aromatic nitrogens is 1. The van der Waals surface area contributed by atoms with Gasteiger partial charge in [0.15, 0.2) is 10.5 Å². The predicted molar refractivity (Wildman–Crippen MR) is 172 cm³/mol. The molecular weight excluding hydrogens is 660 g/mol. The highest BCUT2D eigenvalue weighted by atomic mass is 35.5. The third-order valence-electron chi connectivity index (χ3n) is 7.29. The second kappa shape index (κ2) is 12.8. The number of rotatable bonds is 7. The first-order valence-electron chi connectivity index (χ1n) is 14.0. The van der Waals surface area contributed by atoms with Gasteiger partial charge >= 0.3 is 12.1 Å². The molecule has 0 unspecified atom stereocenters. The van der Waals surface area contributed by atoms with E-state index in [4.69, 9.17) is 32.7 Å². The Morgan fingerprint density at radius 1 is 0.978 bits per heavy atom. The monoisotopic (exact) mass is 682 g/mol. The van der Waals surface area contributed by atoms with Crippen LogP contribution in [0.25, 0.3) is 16.8 Å². The number of nitrogens with zero attached hydrogens (tertiary/aromatic N) is 2. The van der Waals surface area contributed by atoms with Crippen molar-refractivity contribution in [3.05, 3.63) is 143 Å². The molecule has 2 heterocycles. The molecule has 6 nitrogen and oxygen atoms in total. The van der Waals surface area contributed by atoms with E-state index < -0.39 is 35.0 Å². The number of carbonyl (C=O) groups is 1. The van der Waals surface area contributed by atoms with E-state index in [2.05, 4.69) is 4.99 Å². The van der Waals surface area contributed by atoms with Crippen molar-refractivity contribution in [2.24, 2.45) is 4.99 Å². The summed E-state index contributed by atoms with van der Waals surface area (Å²) in [7, 11) is 0. The molecular formula is C34H23Cl2F3N2O4S. The third kappa shape index (κ3) is 6.20. The lowest BCUT2D eigenvalue weighted by atomic mass is 9.95. The van der Waals surface area contributed by atoms with Crippen LogP contribution >= 0.6 is 34.5 Å². The zero-order valence-corrected chi connectivity index (χ0v) is 26.3. The van der Waals surface area contributed by atoms with Gasteiger partial charge in [0.25, 0.3) is 5.56 Å². The number of ether oxygens (including phenoxy) is 2. The van der Waals surface area contributed by atoms with Crippen molar-refractivity contribution in [3.8, 4) is 5.75 Å². The maximum Gasteiger partial charge on any atom is 0.434 e. The Morgan fingerprint density at radius 3 is 2.33 bits per heavy atom. The van der Waals surface area contributed by atoms with Crippen LogP contribution in [0.15, 0.2) is 106 Å². The maximum atomic E-state index is 14.5. The maximum absolute atomic E-state index is 14.5.